The fourth-order valence-electron chi connectivity index (χ4n) is 1.32. The van der Waals surface area contributed by atoms with Crippen molar-refractivity contribution in [1.82, 2.24) is 0 Å². The summed E-state index contributed by atoms with van der Waals surface area (Å²) in [6.45, 7) is 0. The van der Waals surface area contributed by atoms with E-state index in [9.17, 15) is 9.59 Å². The molecule has 0 unspecified atom stereocenters. The molecule has 1 aromatic rings. The zero-order valence-electron chi connectivity index (χ0n) is 8.83. The summed E-state index contributed by atoms with van der Waals surface area (Å²) in [5.74, 6) is -0.633. The molecule has 0 aliphatic rings. The summed E-state index contributed by atoms with van der Waals surface area (Å²) in [5.41, 5.74) is 6.52. The molecule has 5 heteroatoms. The Morgan fingerprint density at radius 3 is 2.56 bits per heavy atom. The third-order valence-electron chi connectivity index (χ3n) is 2.13. The average Bonchev–Trinajstić information content (AvgIpc) is 2.28. The third kappa shape index (κ3) is 2.61. The first-order valence-electron chi connectivity index (χ1n) is 4.67. The highest BCUT2D eigenvalue weighted by atomic mass is 79.9. The Bertz CT molecular complexity index is 418. The number of ether oxygens (including phenoxy) is 1. The van der Waals surface area contributed by atoms with Crippen LogP contribution in [0.3, 0.4) is 0 Å². The lowest BCUT2D eigenvalue weighted by atomic mass is 10.0. The summed E-state index contributed by atoms with van der Waals surface area (Å²) >= 11 is 3.18. The van der Waals surface area contributed by atoms with E-state index in [0.29, 0.717) is 17.3 Å². The molecular weight excluding hydrogens is 274 g/mol. The smallest absolute Gasteiger partial charge is 0.339 e. The van der Waals surface area contributed by atoms with Crippen LogP contribution < -0.4 is 5.73 Å². The Morgan fingerprint density at radius 1 is 1.38 bits per heavy atom. The first-order chi connectivity index (χ1) is 7.61. The molecule has 0 saturated carbocycles. The monoisotopic (exact) mass is 285 g/mol. The highest BCUT2D eigenvalue weighted by Gasteiger charge is 2.16. The van der Waals surface area contributed by atoms with Crippen LogP contribution in [0.25, 0.3) is 0 Å². The number of nitrogens with two attached hydrogens (primary N) is 1. The minimum atomic E-state index is -0.536. The van der Waals surface area contributed by atoms with E-state index in [1.165, 1.54) is 13.2 Å². The summed E-state index contributed by atoms with van der Waals surface area (Å²) in [6.07, 6.45) is 0.342. The molecule has 0 atom stereocenters. The number of benzene rings is 1. The Hall–Kier alpha value is -1.36. The Balaban J connectivity index is 3.13. The number of ketones is 1. The van der Waals surface area contributed by atoms with Gasteiger partial charge in [0.2, 0.25) is 0 Å². The van der Waals surface area contributed by atoms with Gasteiger partial charge in [0.1, 0.15) is 0 Å². The van der Waals surface area contributed by atoms with Crippen LogP contribution in [0.2, 0.25) is 0 Å². The molecule has 0 saturated heterocycles. The van der Waals surface area contributed by atoms with E-state index in [0.717, 1.165) is 0 Å². The normalized spacial score (nSPS) is 9.88. The maximum absolute atomic E-state index is 11.7. The van der Waals surface area contributed by atoms with Gasteiger partial charge in [-0.2, -0.15) is 0 Å². The van der Waals surface area contributed by atoms with Crippen LogP contribution in [-0.4, -0.2) is 24.2 Å². The van der Waals surface area contributed by atoms with Gasteiger partial charge >= 0.3 is 5.97 Å². The number of Topliss-reactive ketones (excluding diaryl/α,β-unsaturated/α-hetero) is 1. The minimum absolute atomic E-state index is 0.0971. The first-order valence-corrected chi connectivity index (χ1v) is 5.80. The molecule has 1 aromatic carbocycles. The van der Waals surface area contributed by atoms with Gasteiger partial charge < -0.3 is 10.5 Å². The van der Waals surface area contributed by atoms with Crippen LogP contribution in [0.15, 0.2) is 18.2 Å². The maximum Gasteiger partial charge on any atom is 0.339 e. The second-order valence-electron chi connectivity index (χ2n) is 3.12. The first kappa shape index (κ1) is 12.7. The molecule has 0 amide bonds. The molecular formula is C11H12BrNO3. The maximum atomic E-state index is 11.7. The predicted molar refractivity (Wildman–Crippen MR) is 64.9 cm³/mol. The molecule has 0 aromatic heterocycles. The summed E-state index contributed by atoms with van der Waals surface area (Å²) in [7, 11) is 1.27. The van der Waals surface area contributed by atoms with Crippen LogP contribution in [-0.2, 0) is 4.74 Å². The Kier molecular flexibility index (Phi) is 4.49. The van der Waals surface area contributed by atoms with Gasteiger partial charge in [-0.25, -0.2) is 4.79 Å². The molecule has 1 rings (SSSR count). The minimum Gasteiger partial charge on any atom is -0.465 e. The molecule has 16 heavy (non-hydrogen) atoms. The second-order valence-corrected chi connectivity index (χ2v) is 3.91. The van der Waals surface area contributed by atoms with Crippen molar-refractivity contribution in [2.24, 2.45) is 0 Å². The quantitative estimate of drug-likeness (QED) is 0.398. The van der Waals surface area contributed by atoms with Gasteiger partial charge in [0.05, 0.1) is 18.4 Å². The summed E-state index contributed by atoms with van der Waals surface area (Å²) in [6, 6.07) is 4.75. The van der Waals surface area contributed by atoms with Gasteiger partial charge in [-0.05, 0) is 12.1 Å². The van der Waals surface area contributed by atoms with E-state index >= 15 is 0 Å². The van der Waals surface area contributed by atoms with E-state index in [2.05, 4.69) is 20.7 Å². The van der Waals surface area contributed by atoms with E-state index in [1.807, 2.05) is 0 Å². The number of esters is 1. The van der Waals surface area contributed by atoms with Gasteiger partial charge in [0, 0.05) is 17.3 Å². The van der Waals surface area contributed by atoms with Gasteiger partial charge in [-0.1, -0.05) is 22.0 Å². The molecule has 2 N–H and O–H groups in total. The third-order valence-corrected chi connectivity index (χ3v) is 2.53. The van der Waals surface area contributed by atoms with Crippen molar-refractivity contribution >= 4 is 33.4 Å². The molecule has 4 nitrogen and oxygen atoms in total. The van der Waals surface area contributed by atoms with Crippen molar-refractivity contribution in [2.75, 3.05) is 18.2 Å². The number of carbonyl (C=O) groups excluding carboxylic acids is 2. The zero-order valence-corrected chi connectivity index (χ0v) is 10.4. The molecule has 0 aliphatic carbocycles. The van der Waals surface area contributed by atoms with Crippen LogP contribution >= 0.6 is 15.9 Å². The lowest BCUT2D eigenvalue weighted by Crippen LogP contribution is -2.11. The van der Waals surface area contributed by atoms with Crippen LogP contribution in [0.5, 0.6) is 0 Å². The van der Waals surface area contributed by atoms with Crippen molar-refractivity contribution in [2.45, 2.75) is 6.42 Å². The molecule has 0 bridgehead atoms. The van der Waals surface area contributed by atoms with Crippen molar-refractivity contribution in [3.63, 3.8) is 0 Å². The number of nitrogen functional groups attached to an aromatic ring is 1. The molecule has 0 heterocycles. The Labute approximate surface area is 102 Å². The summed E-state index contributed by atoms with van der Waals surface area (Å²) in [4.78, 5) is 23.0. The van der Waals surface area contributed by atoms with E-state index in [4.69, 9.17) is 5.73 Å². The van der Waals surface area contributed by atoms with E-state index in [1.54, 1.807) is 12.1 Å². The van der Waals surface area contributed by atoms with Crippen molar-refractivity contribution in [3.05, 3.63) is 29.3 Å². The van der Waals surface area contributed by atoms with Crippen LogP contribution in [0.4, 0.5) is 5.69 Å². The number of para-hydroxylation sites is 1. The van der Waals surface area contributed by atoms with Crippen molar-refractivity contribution in [1.29, 1.82) is 0 Å². The second kappa shape index (κ2) is 5.65. The number of methoxy groups -OCH3 is 1. The Morgan fingerprint density at radius 2 is 2.00 bits per heavy atom. The topological polar surface area (TPSA) is 69.4 Å². The highest BCUT2D eigenvalue weighted by molar-refractivity contribution is 9.09. The lowest BCUT2D eigenvalue weighted by Gasteiger charge is -2.08. The number of carbonyl (C=O) groups is 2. The lowest BCUT2D eigenvalue weighted by molar-refractivity contribution is 0.0602. The molecule has 86 valence electrons. The molecule has 0 aliphatic heterocycles. The number of anilines is 1. The van der Waals surface area contributed by atoms with Gasteiger partial charge in [-0.15, -0.1) is 0 Å². The number of hydrogen-bond acceptors (Lipinski definition) is 4. The van der Waals surface area contributed by atoms with Gasteiger partial charge in [-0.3, -0.25) is 4.79 Å². The standard InChI is InChI=1S/C11H12BrNO3/c1-16-11(15)8-4-2-3-7(10(8)13)9(14)5-6-12/h2-4H,5-6,13H2,1H3. The SMILES string of the molecule is COC(=O)c1cccc(C(=O)CCBr)c1N. The average molecular weight is 286 g/mol. The largest absolute Gasteiger partial charge is 0.465 e. The van der Waals surface area contributed by atoms with Crippen molar-refractivity contribution < 1.29 is 14.3 Å². The molecule has 0 radical (unpaired) electrons. The summed E-state index contributed by atoms with van der Waals surface area (Å²) in [5, 5.41) is 0.563. The number of rotatable bonds is 4. The summed E-state index contributed by atoms with van der Waals surface area (Å²) < 4.78 is 4.57. The molecule has 0 spiro atoms. The van der Waals surface area contributed by atoms with E-state index < -0.39 is 5.97 Å². The van der Waals surface area contributed by atoms with Crippen molar-refractivity contribution in [3.8, 4) is 0 Å². The fraction of sp³-hybridized carbons (Fsp3) is 0.273. The van der Waals surface area contributed by atoms with Crippen LogP contribution in [0, 0.1) is 0 Å². The molecule has 0 fully saturated rings. The fourth-order valence-corrected chi connectivity index (χ4v) is 1.68. The number of halogens is 1. The predicted octanol–water partition coefficient (Wildman–Crippen LogP) is 2.02. The van der Waals surface area contributed by atoms with Gasteiger partial charge in [0.15, 0.2) is 5.78 Å². The highest BCUT2D eigenvalue weighted by Crippen LogP contribution is 2.20. The van der Waals surface area contributed by atoms with E-state index in [-0.39, 0.29) is 17.0 Å². The zero-order chi connectivity index (χ0) is 12.1. The number of hydrogen-bond donors (Lipinski definition) is 1. The van der Waals surface area contributed by atoms with Gasteiger partial charge in [0.25, 0.3) is 0 Å². The number of alkyl halides is 1. The van der Waals surface area contributed by atoms with Crippen LogP contribution in [0.1, 0.15) is 27.1 Å².